The van der Waals surface area contributed by atoms with Crippen LogP contribution in [0.15, 0.2) is 42.5 Å². The number of nitrogens with two attached hydrogens (primary N) is 2. The van der Waals surface area contributed by atoms with Crippen LogP contribution in [0.25, 0.3) is 0 Å². The van der Waals surface area contributed by atoms with E-state index in [0.717, 1.165) is 17.7 Å². The van der Waals surface area contributed by atoms with Gasteiger partial charge in [-0.15, -0.1) is 0 Å². The molecule has 22 nitrogen and oxygen atoms in total. The van der Waals surface area contributed by atoms with Crippen molar-refractivity contribution >= 4 is 71.3 Å². The molecule has 1 aliphatic heterocycles. The second-order valence-electron chi connectivity index (χ2n) is 15.6. The van der Waals surface area contributed by atoms with Crippen LogP contribution in [-0.4, -0.2) is 122 Å². The van der Waals surface area contributed by atoms with Crippen molar-refractivity contribution < 1.29 is 53.5 Å². The first-order valence-electron chi connectivity index (χ1n) is 20.7. The van der Waals surface area contributed by atoms with Gasteiger partial charge < -0.3 is 58.5 Å². The number of carboxylic acid groups (broad SMARTS) is 1. The summed E-state index contributed by atoms with van der Waals surface area (Å²) in [5.41, 5.74) is 12.2. The van der Waals surface area contributed by atoms with Crippen molar-refractivity contribution in [1.82, 2.24) is 36.8 Å². The summed E-state index contributed by atoms with van der Waals surface area (Å²) in [4.78, 5) is 116. The maximum absolute atomic E-state index is 13.8. The third-order valence-corrected chi connectivity index (χ3v) is 11.2. The fourth-order valence-electron chi connectivity index (χ4n) is 6.83. The van der Waals surface area contributed by atoms with E-state index in [1.165, 1.54) is 24.8 Å². The molecule has 8 atom stereocenters. The highest BCUT2D eigenvalue weighted by atomic mass is 32.1. The Kier molecular flexibility index (Phi) is 19.8. The number of aromatic hydroxyl groups is 1. The molecule has 0 spiro atoms. The predicted octanol–water partition coefficient (Wildman–Crippen LogP) is -0.636. The minimum absolute atomic E-state index is 0.0839. The third kappa shape index (κ3) is 14.8. The molecule has 12 N–H and O–H groups in total. The van der Waals surface area contributed by atoms with Gasteiger partial charge in [-0.05, 0) is 62.3 Å². The summed E-state index contributed by atoms with van der Waals surface area (Å²) in [7, 11) is 0. The van der Waals surface area contributed by atoms with Crippen LogP contribution in [0.5, 0.6) is 5.75 Å². The smallest absolute Gasteiger partial charge is 0.310 e. The number of rotatable bonds is 24. The van der Waals surface area contributed by atoms with Crippen LogP contribution in [0.3, 0.4) is 0 Å². The van der Waals surface area contributed by atoms with Gasteiger partial charge in [0, 0.05) is 43.4 Å². The number of nitrogen functional groups attached to an aromatic ring is 1. The van der Waals surface area contributed by atoms with Crippen molar-refractivity contribution in [2.45, 2.75) is 115 Å². The summed E-state index contributed by atoms with van der Waals surface area (Å²) in [5, 5.41) is 46.4. The normalized spacial score (nSPS) is 16.7. The summed E-state index contributed by atoms with van der Waals surface area (Å²) < 4.78 is 0. The van der Waals surface area contributed by atoms with Gasteiger partial charge >= 0.3 is 11.7 Å². The van der Waals surface area contributed by atoms with E-state index in [0.29, 0.717) is 18.5 Å². The SMILES string of the molecule is CC[C@H](C)[C@H](NC(=O)[C@H](CS)NCc1ccccc1N)C(=O)N[C@@H](C)C(=O)N[C@@H](C)C(=O)N1CCC[C@H]1C(=O)N[C@@H](Cc1ccc(O)c([N+](=O)[O-])c1)C(=O)N[C@@H](CCC(=O)O)C(N)=O. The molecule has 3 rings (SSSR count). The van der Waals surface area contributed by atoms with Crippen LogP contribution in [0, 0.1) is 16.0 Å². The summed E-state index contributed by atoms with van der Waals surface area (Å²) in [6.45, 7) is 6.73. The number of para-hydroxylation sites is 1. The van der Waals surface area contributed by atoms with E-state index in [2.05, 4.69) is 44.5 Å². The number of benzene rings is 2. The van der Waals surface area contributed by atoms with Gasteiger partial charge in [-0.3, -0.25) is 48.5 Å². The molecule has 0 bridgehead atoms. The Morgan fingerprint density at radius 2 is 1.55 bits per heavy atom. The first-order chi connectivity index (χ1) is 30.2. The zero-order chi connectivity index (χ0) is 47.8. The molecule has 350 valence electrons. The lowest BCUT2D eigenvalue weighted by Gasteiger charge is -2.30. The average molecular weight is 915 g/mol. The molecule has 23 heteroatoms. The quantitative estimate of drug-likeness (QED) is 0.0270. The number of amides is 7. The molecular weight excluding hydrogens is 857 g/mol. The van der Waals surface area contributed by atoms with Gasteiger partial charge in [-0.1, -0.05) is 44.5 Å². The standard InChI is InChI=1S/C41H58N10O12S/c1-5-21(2)34(49-38(58)29(20-64)44-19-25-9-6-7-10-26(25)42)40(60)45-22(3)36(56)46-23(4)41(61)50-16-8-11-30(50)39(59)48-28(17-24-12-14-32(52)31(18-24)51(62)63)37(57)47-27(35(43)55)13-15-33(53)54/h6-7,9-10,12,14,18,21-23,27-30,34,44,52,64H,5,8,11,13,15-17,19-20,42H2,1-4H3,(H2,43,55)(H,45,60)(H,46,56)(H,47,57)(H,48,59)(H,49,58)(H,53,54)/t21-,22-,23-,27-,28-,29-,30-,34-/m0/s1. The third-order valence-electron chi connectivity index (χ3n) is 10.8. The molecule has 0 unspecified atom stereocenters. The highest BCUT2D eigenvalue weighted by molar-refractivity contribution is 7.80. The molecule has 7 amide bonds. The monoisotopic (exact) mass is 914 g/mol. The number of carbonyl (C=O) groups excluding carboxylic acids is 7. The van der Waals surface area contributed by atoms with Crippen LogP contribution in [0.4, 0.5) is 11.4 Å². The number of nitrogens with zero attached hydrogens (tertiary/aromatic N) is 2. The lowest BCUT2D eigenvalue weighted by Crippen LogP contribution is -2.59. The number of carbonyl (C=O) groups is 8. The van der Waals surface area contributed by atoms with Crippen LogP contribution in [0.2, 0.25) is 0 Å². The molecule has 0 radical (unpaired) electrons. The number of likely N-dealkylation sites (tertiary alicyclic amines) is 1. The van der Waals surface area contributed by atoms with Crippen molar-refractivity contribution in [2.24, 2.45) is 11.7 Å². The van der Waals surface area contributed by atoms with Crippen molar-refractivity contribution in [3.63, 3.8) is 0 Å². The minimum Gasteiger partial charge on any atom is -0.502 e. The van der Waals surface area contributed by atoms with Crippen molar-refractivity contribution in [3.05, 3.63) is 63.7 Å². The molecule has 1 aliphatic rings. The number of primary amides is 1. The second-order valence-corrected chi connectivity index (χ2v) is 15.9. The van der Waals surface area contributed by atoms with E-state index in [1.807, 2.05) is 19.1 Å². The summed E-state index contributed by atoms with van der Waals surface area (Å²) >= 11 is 4.30. The van der Waals surface area contributed by atoms with Gasteiger partial charge in [0.15, 0.2) is 5.75 Å². The Morgan fingerprint density at radius 1 is 0.891 bits per heavy atom. The first kappa shape index (κ1) is 51.9. The van der Waals surface area contributed by atoms with E-state index < -0.39 is 119 Å². The number of aliphatic carboxylic acids is 1. The molecule has 0 aliphatic carbocycles. The fourth-order valence-corrected chi connectivity index (χ4v) is 7.12. The number of thiol groups is 1. The number of phenolic OH excluding ortho intramolecular Hbond substituents is 1. The van der Waals surface area contributed by atoms with E-state index in [-0.39, 0.29) is 43.2 Å². The minimum atomic E-state index is -1.54. The lowest BCUT2D eigenvalue weighted by molar-refractivity contribution is -0.385. The van der Waals surface area contributed by atoms with Gasteiger partial charge in [-0.25, -0.2) is 0 Å². The van der Waals surface area contributed by atoms with E-state index in [9.17, 15) is 53.6 Å². The number of hydrogen-bond donors (Lipinski definition) is 11. The molecule has 64 heavy (non-hydrogen) atoms. The number of carboxylic acids is 1. The number of anilines is 1. The Labute approximate surface area is 374 Å². The van der Waals surface area contributed by atoms with Crippen LogP contribution >= 0.6 is 12.6 Å². The van der Waals surface area contributed by atoms with E-state index >= 15 is 0 Å². The van der Waals surface area contributed by atoms with Gasteiger partial charge in [0.25, 0.3) is 0 Å². The van der Waals surface area contributed by atoms with Gasteiger partial charge in [0.2, 0.25) is 41.4 Å². The van der Waals surface area contributed by atoms with Crippen LogP contribution < -0.4 is 43.4 Å². The number of nitro benzene ring substituents is 1. The molecule has 0 saturated carbocycles. The van der Waals surface area contributed by atoms with Gasteiger partial charge in [0.05, 0.1) is 11.0 Å². The molecule has 1 heterocycles. The zero-order valence-corrected chi connectivity index (χ0v) is 36.9. The average Bonchev–Trinajstić information content (AvgIpc) is 3.74. The number of hydrogen-bond acceptors (Lipinski definition) is 14. The Bertz CT molecular complexity index is 2060. The van der Waals surface area contributed by atoms with Crippen molar-refractivity contribution in [2.75, 3.05) is 18.0 Å². The maximum Gasteiger partial charge on any atom is 0.310 e. The summed E-state index contributed by atoms with van der Waals surface area (Å²) in [6, 6.07) is 2.04. The molecular formula is C41H58N10O12S. The second kappa shape index (κ2) is 24.4. The molecule has 2 aromatic carbocycles. The largest absolute Gasteiger partial charge is 0.502 e. The van der Waals surface area contributed by atoms with Gasteiger partial charge in [-0.2, -0.15) is 12.6 Å². The Morgan fingerprint density at radius 3 is 2.16 bits per heavy atom. The fraction of sp³-hybridized carbons (Fsp3) is 0.512. The summed E-state index contributed by atoms with van der Waals surface area (Å²) in [6.07, 6.45) is -0.332. The van der Waals surface area contributed by atoms with Crippen molar-refractivity contribution in [3.8, 4) is 5.75 Å². The molecule has 1 saturated heterocycles. The molecule has 2 aromatic rings. The van der Waals surface area contributed by atoms with E-state index in [4.69, 9.17) is 16.6 Å². The number of phenols is 1. The van der Waals surface area contributed by atoms with Gasteiger partial charge in [0.1, 0.15) is 36.3 Å². The van der Waals surface area contributed by atoms with E-state index in [1.54, 1.807) is 19.1 Å². The summed E-state index contributed by atoms with van der Waals surface area (Å²) in [5.74, 6) is -7.60. The first-order valence-corrected chi connectivity index (χ1v) is 21.3. The number of nitro groups is 1. The predicted molar refractivity (Wildman–Crippen MR) is 235 cm³/mol. The molecule has 1 fully saturated rings. The highest BCUT2D eigenvalue weighted by Gasteiger charge is 2.39. The topological polar surface area (TPSA) is 348 Å². The highest BCUT2D eigenvalue weighted by Crippen LogP contribution is 2.27. The molecule has 0 aromatic heterocycles. The lowest BCUT2D eigenvalue weighted by atomic mass is 9.97. The van der Waals surface area contributed by atoms with Crippen LogP contribution in [-0.2, 0) is 51.3 Å². The Balaban J connectivity index is 1.70. The zero-order valence-electron chi connectivity index (χ0n) is 36.0. The van der Waals surface area contributed by atoms with Crippen LogP contribution in [0.1, 0.15) is 70.9 Å². The number of nitrogens with one attached hydrogen (secondary N) is 6. The Hall–Kier alpha value is -6.49. The maximum atomic E-state index is 13.8. The van der Waals surface area contributed by atoms with Crippen molar-refractivity contribution in [1.29, 1.82) is 0 Å².